The maximum atomic E-state index is 13.6. The number of para-hydroxylation sites is 1. The molecular formula is C28H28N2O3. The van der Waals surface area contributed by atoms with E-state index in [9.17, 15) is 9.59 Å². The lowest BCUT2D eigenvalue weighted by molar-refractivity contribution is -0.125. The Morgan fingerprint density at radius 3 is 2.06 bits per heavy atom. The second-order valence-electron chi connectivity index (χ2n) is 8.05. The van der Waals surface area contributed by atoms with Crippen LogP contribution in [0.2, 0.25) is 0 Å². The Morgan fingerprint density at radius 1 is 0.788 bits per heavy atom. The Hall–Kier alpha value is -3.86. The van der Waals surface area contributed by atoms with Crippen molar-refractivity contribution in [1.29, 1.82) is 0 Å². The average Bonchev–Trinajstić information content (AvgIpc) is 2.88. The van der Waals surface area contributed by atoms with Crippen molar-refractivity contribution in [3.8, 4) is 5.75 Å². The Kier molecular flexibility index (Phi) is 6.89. The van der Waals surface area contributed by atoms with Crippen LogP contribution in [0.5, 0.6) is 5.75 Å². The third-order valence-corrected chi connectivity index (χ3v) is 5.96. The number of benzene rings is 3. The highest BCUT2D eigenvalue weighted by molar-refractivity contribution is 6.24. The minimum atomic E-state index is 0.0127. The summed E-state index contributed by atoms with van der Waals surface area (Å²) in [7, 11) is 1.64. The lowest BCUT2D eigenvalue weighted by Gasteiger charge is -2.36. The summed E-state index contributed by atoms with van der Waals surface area (Å²) in [6, 6.07) is 25.2. The fourth-order valence-corrected chi connectivity index (χ4v) is 4.07. The van der Waals surface area contributed by atoms with E-state index < -0.39 is 0 Å². The quantitative estimate of drug-likeness (QED) is 0.314. The van der Waals surface area contributed by atoms with Crippen LogP contribution < -0.4 is 9.64 Å². The second kappa shape index (κ2) is 10.2. The lowest BCUT2D eigenvalue weighted by atomic mass is 10.0. The van der Waals surface area contributed by atoms with Crippen molar-refractivity contribution in [2.24, 2.45) is 0 Å². The van der Waals surface area contributed by atoms with Gasteiger partial charge in [-0.1, -0.05) is 48.5 Å². The predicted molar refractivity (Wildman–Crippen MR) is 133 cm³/mol. The van der Waals surface area contributed by atoms with Crippen molar-refractivity contribution in [3.05, 3.63) is 95.6 Å². The molecule has 0 bridgehead atoms. The molecule has 3 aromatic rings. The van der Waals surface area contributed by atoms with Crippen LogP contribution in [0, 0.1) is 0 Å². The van der Waals surface area contributed by atoms with Gasteiger partial charge in [-0.15, -0.1) is 0 Å². The van der Waals surface area contributed by atoms with Gasteiger partial charge in [0.1, 0.15) is 5.75 Å². The van der Waals surface area contributed by atoms with Crippen molar-refractivity contribution in [2.75, 3.05) is 38.2 Å². The van der Waals surface area contributed by atoms with Crippen molar-refractivity contribution < 1.29 is 14.3 Å². The van der Waals surface area contributed by atoms with Gasteiger partial charge in [0.25, 0.3) is 5.91 Å². The summed E-state index contributed by atoms with van der Waals surface area (Å²) in [6.45, 7) is 4.30. The topological polar surface area (TPSA) is 49.9 Å². The Morgan fingerprint density at radius 2 is 1.42 bits per heavy atom. The van der Waals surface area contributed by atoms with Gasteiger partial charge < -0.3 is 14.5 Å². The van der Waals surface area contributed by atoms with Gasteiger partial charge in [0.15, 0.2) is 5.78 Å². The maximum Gasteiger partial charge on any atom is 0.254 e. The molecule has 1 aliphatic heterocycles. The first-order valence-electron chi connectivity index (χ1n) is 11.1. The highest BCUT2D eigenvalue weighted by atomic mass is 16.5. The summed E-state index contributed by atoms with van der Waals surface area (Å²) < 4.78 is 5.50. The monoisotopic (exact) mass is 440 g/mol. The van der Waals surface area contributed by atoms with E-state index in [4.69, 9.17) is 4.74 Å². The largest absolute Gasteiger partial charge is 0.496 e. The first kappa shape index (κ1) is 22.3. The number of Topliss-reactive ketones (excluding diaryl/α,β-unsaturated/α-hetero) is 1. The Labute approximate surface area is 194 Å². The van der Waals surface area contributed by atoms with E-state index in [1.807, 2.05) is 89.8 Å². The highest BCUT2D eigenvalue weighted by Crippen LogP contribution is 2.27. The summed E-state index contributed by atoms with van der Waals surface area (Å²) in [5.74, 6) is 0.809. The van der Waals surface area contributed by atoms with Gasteiger partial charge in [0.2, 0.25) is 0 Å². The molecule has 0 unspecified atom stereocenters. The van der Waals surface area contributed by atoms with E-state index in [1.54, 1.807) is 14.0 Å². The number of hydrogen-bond donors (Lipinski definition) is 0. The van der Waals surface area contributed by atoms with Crippen LogP contribution in [-0.2, 0) is 4.79 Å². The lowest BCUT2D eigenvalue weighted by Crippen LogP contribution is -2.49. The van der Waals surface area contributed by atoms with Crippen molar-refractivity contribution in [3.63, 3.8) is 0 Å². The number of hydrogen-bond acceptors (Lipinski definition) is 4. The zero-order valence-corrected chi connectivity index (χ0v) is 19.0. The molecule has 33 heavy (non-hydrogen) atoms. The smallest absolute Gasteiger partial charge is 0.254 e. The molecule has 1 amide bonds. The molecule has 5 heteroatoms. The van der Waals surface area contributed by atoms with Crippen LogP contribution in [0.1, 0.15) is 28.4 Å². The zero-order chi connectivity index (χ0) is 23.2. The number of carbonyl (C=O) groups is 2. The summed E-state index contributed by atoms with van der Waals surface area (Å²) in [5, 5.41) is 0. The van der Waals surface area contributed by atoms with Gasteiger partial charge in [-0.3, -0.25) is 9.59 Å². The number of amides is 1. The van der Waals surface area contributed by atoms with Gasteiger partial charge in [-0.05, 0) is 48.9 Å². The molecule has 0 radical (unpaired) electrons. The fourth-order valence-electron chi connectivity index (χ4n) is 4.07. The van der Waals surface area contributed by atoms with E-state index in [2.05, 4.69) is 4.90 Å². The first-order valence-corrected chi connectivity index (χ1v) is 11.1. The van der Waals surface area contributed by atoms with E-state index in [1.165, 1.54) is 0 Å². The number of nitrogens with zero attached hydrogens (tertiary/aromatic N) is 2. The molecule has 168 valence electrons. The van der Waals surface area contributed by atoms with Crippen molar-refractivity contribution in [2.45, 2.75) is 6.92 Å². The molecule has 1 aliphatic rings. The summed E-state index contributed by atoms with van der Waals surface area (Å²) in [6.07, 6.45) is 1.92. The molecule has 0 aromatic heterocycles. The van der Waals surface area contributed by atoms with E-state index in [-0.39, 0.29) is 11.7 Å². The normalized spacial score (nSPS) is 14.2. The SMILES string of the molecule is COc1ccccc1/C=C(/C(=O)N1CCN(c2ccc(C(C)=O)cc2)CC1)c1ccccc1. The van der Waals surface area contributed by atoms with Crippen LogP contribution >= 0.6 is 0 Å². The molecule has 0 atom stereocenters. The van der Waals surface area contributed by atoms with Gasteiger partial charge >= 0.3 is 0 Å². The molecule has 0 aliphatic carbocycles. The summed E-state index contributed by atoms with van der Waals surface area (Å²) >= 11 is 0. The molecule has 0 saturated carbocycles. The van der Waals surface area contributed by atoms with E-state index in [0.29, 0.717) is 24.2 Å². The highest BCUT2D eigenvalue weighted by Gasteiger charge is 2.25. The Balaban J connectivity index is 1.54. The number of ether oxygens (including phenoxy) is 1. The maximum absolute atomic E-state index is 13.6. The minimum Gasteiger partial charge on any atom is -0.496 e. The number of anilines is 1. The van der Waals surface area contributed by atoms with Crippen LogP contribution in [-0.4, -0.2) is 49.9 Å². The minimum absolute atomic E-state index is 0.0127. The first-order chi connectivity index (χ1) is 16.1. The fraction of sp³-hybridized carbons (Fsp3) is 0.214. The van der Waals surface area contributed by atoms with Crippen LogP contribution in [0.3, 0.4) is 0 Å². The second-order valence-corrected chi connectivity index (χ2v) is 8.05. The predicted octanol–water partition coefficient (Wildman–Crippen LogP) is 4.79. The molecule has 1 heterocycles. The van der Waals surface area contributed by atoms with Crippen LogP contribution in [0.15, 0.2) is 78.9 Å². The number of ketones is 1. The van der Waals surface area contributed by atoms with Crippen molar-refractivity contribution >= 4 is 29.0 Å². The molecular weight excluding hydrogens is 412 g/mol. The van der Waals surface area contributed by atoms with Gasteiger partial charge in [0, 0.05) is 48.6 Å². The third-order valence-electron chi connectivity index (χ3n) is 5.96. The average molecular weight is 441 g/mol. The molecule has 3 aromatic carbocycles. The standard InChI is InChI=1S/C28H28N2O3/c1-21(31)22-12-14-25(15-13-22)29-16-18-30(19-17-29)28(32)26(23-8-4-3-5-9-23)20-24-10-6-7-11-27(24)33-2/h3-15,20H,16-19H2,1-2H3/b26-20+. The van der Waals surface area contributed by atoms with Gasteiger partial charge in [-0.2, -0.15) is 0 Å². The third kappa shape index (κ3) is 5.14. The van der Waals surface area contributed by atoms with Gasteiger partial charge in [-0.25, -0.2) is 0 Å². The summed E-state index contributed by atoms with van der Waals surface area (Å²) in [5.41, 5.74) is 4.19. The number of rotatable bonds is 6. The van der Waals surface area contributed by atoms with E-state index in [0.717, 1.165) is 35.7 Å². The number of methoxy groups -OCH3 is 1. The number of piperazine rings is 1. The summed E-state index contributed by atoms with van der Waals surface area (Å²) in [4.78, 5) is 29.3. The number of carbonyl (C=O) groups excluding carboxylic acids is 2. The molecule has 5 nitrogen and oxygen atoms in total. The van der Waals surface area contributed by atoms with Crippen molar-refractivity contribution in [1.82, 2.24) is 4.90 Å². The molecule has 4 rings (SSSR count). The molecule has 0 N–H and O–H groups in total. The molecule has 1 saturated heterocycles. The van der Waals surface area contributed by atoms with Crippen LogP contribution in [0.4, 0.5) is 5.69 Å². The zero-order valence-electron chi connectivity index (χ0n) is 19.0. The van der Waals surface area contributed by atoms with Gasteiger partial charge in [0.05, 0.1) is 7.11 Å². The Bertz CT molecular complexity index is 1150. The van der Waals surface area contributed by atoms with Crippen LogP contribution in [0.25, 0.3) is 11.6 Å². The molecule has 1 fully saturated rings. The van der Waals surface area contributed by atoms with E-state index >= 15 is 0 Å². The molecule has 0 spiro atoms.